The first-order valence-corrected chi connectivity index (χ1v) is 13.9. The molecule has 1 aliphatic rings. The van der Waals surface area contributed by atoms with E-state index in [1.165, 1.54) is 12.1 Å². The van der Waals surface area contributed by atoms with Crippen molar-refractivity contribution in [3.8, 4) is 5.75 Å². The smallest absolute Gasteiger partial charge is 0.248 e. The molecule has 0 radical (unpaired) electrons. The van der Waals surface area contributed by atoms with E-state index in [9.17, 15) is 19.8 Å². The number of likely N-dealkylation sites (tertiary alicyclic amines) is 1. The van der Waals surface area contributed by atoms with Gasteiger partial charge in [0, 0.05) is 37.0 Å². The molecule has 1 amide bonds. The average Bonchev–Trinajstić information content (AvgIpc) is 2.99. The topological polar surface area (TPSA) is 118 Å². The molecule has 1 aromatic heterocycles. The van der Waals surface area contributed by atoms with E-state index in [1.807, 2.05) is 60.7 Å². The number of pyridine rings is 1. The molecule has 4 aromatic rings. The summed E-state index contributed by atoms with van der Waals surface area (Å²) in [4.78, 5) is 29.6. The van der Waals surface area contributed by atoms with Gasteiger partial charge >= 0.3 is 0 Å². The molecule has 8 nitrogen and oxygen atoms in total. The number of aliphatic hydroxyl groups is 1. The van der Waals surface area contributed by atoms with Crippen molar-refractivity contribution >= 4 is 16.8 Å². The molecule has 8 heteroatoms. The highest BCUT2D eigenvalue weighted by atomic mass is 16.3. The summed E-state index contributed by atoms with van der Waals surface area (Å²) < 4.78 is 0. The summed E-state index contributed by atoms with van der Waals surface area (Å²) in [5, 5.41) is 28.3. The number of H-pyrrole nitrogens is 1. The zero-order valence-electron chi connectivity index (χ0n) is 22.4. The van der Waals surface area contributed by atoms with Crippen LogP contribution in [-0.2, 0) is 4.79 Å². The molecular weight excluding hydrogens is 504 g/mol. The molecule has 1 atom stereocenters. The Morgan fingerprint density at radius 1 is 0.925 bits per heavy atom. The number of carbonyl (C=O) groups is 1. The monoisotopic (exact) mass is 540 g/mol. The van der Waals surface area contributed by atoms with E-state index in [4.69, 9.17) is 0 Å². The van der Waals surface area contributed by atoms with Crippen molar-refractivity contribution in [3.05, 3.63) is 112 Å². The molecular formula is C32H36N4O4. The number of phenolic OH excluding ortho intramolecular Hbond substituents is 1. The summed E-state index contributed by atoms with van der Waals surface area (Å²) in [7, 11) is 0. The number of amides is 1. The van der Waals surface area contributed by atoms with Gasteiger partial charge in [0.05, 0.1) is 17.7 Å². The fourth-order valence-electron chi connectivity index (χ4n) is 5.44. The van der Waals surface area contributed by atoms with E-state index < -0.39 is 6.10 Å². The SMILES string of the molecule is O=C(CCN1CCC(NC[C@H](O)c2ccc(O)c3[nH]c(=O)ccc23)CC1)NC(c1ccccc1)c1ccccc1. The van der Waals surface area contributed by atoms with Gasteiger partial charge in [-0.1, -0.05) is 66.7 Å². The van der Waals surface area contributed by atoms with Gasteiger partial charge in [-0.25, -0.2) is 0 Å². The van der Waals surface area contributed by atoms with Gasteiger partial charge in [0.25, 0.3) is 0 Å². The van der Waals surface area contributed by atoms with Crippen LogP contribution in [0.25, 0.3) is 10.9 Å². The van der Waals surface area contributed by atoms with Crippen LogP contribution < -0.4 is 16.2 Å². The minimum absolute atomic E-state index is 0.0201. The van der Waals surface area contributed by atoms with Crippen molar-refractivity contribution in [1.29, 1.82) is 0 Å². The van der Waals surface area contributed by atoms with Crippen molar-refractivity contribution in [1.82, 2.24) is 20.5 Å². The number of aliphatic hydroxyl groups excluding tert-OH is 1. The maximum atomic E-state index is 12.9. The van der Waals surface area contributed by atoms with Gasteiger partial charge in [0.1, 0.15) is 5.75 Å². The molecule has 0 unspecified atom stereocenters. The van der Waals surface area contributed by atoms with Crippen LogP contribution in [0.4, 0.5) is 0 Å². The number of nitrogens with zero attached hydrogens (tertiary/aromatic N) is 1. The van der Waals surface area contributed by atoms with Gasteiger partial charge in [0.15, 0.2) is 0 Å². The maximum Gasteiger partial charge on any atom is 0.248 e. The van der Waals surface area contributed by atoms with Gasteiger partial charge in [-0.05, 0) is 54.8 Å². The zero-order chi connectivity index (χ0) is 27.9. The number of rotatable bonds is 10. The number of piperidine rings is 1. The van der Waals surface area contributed by atoms with Gasteiger partial charge < -0.3 is 30.7 Å². The van der Waals surface area contributed by atoms with Crippen molar-refractivity contribution in [2.45, 2.75) is 37.5 Å². The minimum Gasteiger partial charge on any atom is -0.506 e. The van der Waals surface area contributed by atoms with Crippen molar-refractivity contribution < 1.29 is 15.0 Å². The fourth-order valence-corrected chi connectivity index (χ4v) is 5.44. The fraction of sp³-hybridized carbons (Fsp3) is 0.312. The van der Waals surface area contributed by atoms with Crippen molar-refractivity contribution in [2.75, 3.05) is 26.2 Å². The Bertz CT molecular complexity index is 1430. The van der Waals surface area contributed by atoms with Gasteiger partial charge in [-0.2, -0.15) is 0 Å². The molecule has 0 saturated carbocycles. The number of nitrogens with one attached hydrogen (secondary N) is 3. The predicted molar refractivity (Wildman–Crippen MR) is 156 cm³/mol. The molecule has 0 aliphatic carbocycles. The summed E-state index contributed by atoms with van der Waals surface area (Å²) in [6, 6.07) is 26.4. The number of aromatic nitrogens is 1. The summed E-state index contributed by atoms with van der Waals surface area (Å²) in [6.07, 6.45) is 1.50. The average molecular weight is 541 g/mol. The minimum atomic E-state index is -0.780. The van der Waals surface area contributed by atoms with Crippen LogP contribution in [0.3, 0.4) is 0 Å². The number of carbonyl (C=O) groups excluding carboxylic acids is 1. The van der Waals surface area contributed by atoms with Gasteiger partial charge in [-0.15, -0.1) is 0 Å². The number of hydrogen-bond donors (Lipinski definition) is 5. The number of fused-ring (bicyclic) bond motifs is 1. The van der Waals surface area contributed by atoms with Crippen LogP contribution in [0.1, 0.15) is 48.1 Å². The summed E-state index contributed by atoms with van der Waals surface area (Å²) in [5.41, 5.74) is 2.81. The van der Waals surface area contributed by atoms with Crippen LogP contribution in [0.2, 0.25) is 0 Å². The number of aromatic amines is 1. The summed E-state index contributed by atoms with van der Waals surface area (Å²) in [5.74, 6) is 0.0110. The molecule has 5 rings (SSSR count). The molecule has 0 bridgehead atoms. The lowest BCUT2D eigenvalue weighted by atomic mass is 9.98. The second-order valence-electron chi connectivity index (χ2n) is 10.4. The van der Waals surface area contributed by atoms with Crippen LogP contribution in [-0.4, -0.2) is 58.2 Å². The Morgan fingerprint density at radius 3 is 2.23 bits per heavy atom. The first kappa shape index (κ1) is 27.6. The first-order valence-electron chi connectivity index (χ1n) is 13.9. The van der Waals surface area contributed by atoms with Gasteiger partial charge in [0.2, 0.25) is 11.5 Å². The zero-order valence-corrected chi connectivity index (χ0v) is 22.4. The van der Waals surface area contributed by atoms with E-state index in [2.05, 4.69) is 20.5 Å². The molecule has 1 fully saturated rings. The lowest BCUT2D eigenvalue weighted by Gasteiger charge is -2.33. The second kappa shape index (κ2) is 12.9. The van der Waals surface area contributed by atoms with E-state index in [0.29, 0.717) is 36.0 Å². The molecule has 5 N–H and O–H groups in total. The lowest BCUT2D eigenvalue weighted by molar-refractivity contribution is -0.122. The molecule has 0 spiro atoms. The molecule has 1 saturated heterocycles. The Kier molecular flexibility index (Phi) is 8.91. The number of hydrogen-bond acceptors (Lipinski definition) is 6. The molecule has 40 heavy (non-hydrogen) atoms. The Morgan fingerprint density at radius 2 is 1.57 bits per heavy atom. The Hall–Kier alpha value is -3.98. The maximum absolute atomic E-state index is 12.9. The Labute approximate surface area is 233 Å². The highest BCUT2D eigenvalue weighted by molar-refractivity contribution is 5.87. The third-order valence-electron chi connectivity index (χ3n) is 7.68. The number of aromatic hydroxyl groups is 1. The van der Waals surface area contributed by atoms with Crippen LogP contribution in [0, 0.1) is 0 Å². The van der Waals surface area contributed by atoms with E-state index in [1.54, 1.807) is 12.1 Å². The highest BCUT2D eigenvalue weighted by Crippen LogP contribution is 2.29. The predicted octanol–water partition coefficient (Wildman–Crippen LogP) is 3.62. The van der Waals surface area contributed by atoms with E-state index in [-0.39, 0.29) is 29.3 Å². The molecule has 3 aromatic carbocycles. The lowest BCUT2D eigenvalue weighted by Crippen LogP contribution is -2.44. The van der Waals surface area contributed by atoms with Crippen LogP contribution in [0.15, 0.2) is 89.7 Å². The Balaban J connectivity index is 1.09. The van der Waals surface area contributed by atoms with Crippen molar-refractivity contribution in [2.24, 2.45) is 0 Å². The van der Waals surface area contributed by atoms with Crippen LogP contribution in [0.5, 0.6) is 5.75 Å². The standard InChI is InChI=1S/C32H36N4O4/c37-27-13-11-25(26-12-14-29(39)35-32(26)27)28(38)21-33-24-15-18-36(19-16-24)20-17-30(40)34-31(22-7-3-1-4-8-22)23-9-5-2-6-10-23/h1-14,24,28,31,33,37-38H,15-21H2,(H,34,40)(H,35,39)/t28-/m0/s1. The van der Waals surface area contributed by atoms with Gasteiger partial charge in [-0.3, -0.25) is 9.59 Å². The van der Waals surface area contributed by atoms with E-state index >= 15 is 0 Å². The van der Waals surface area contributed by atoms with E-state index in [0.717, 1.165) is 37.1 Å². The summed E-state index contributed by atoms with van der Waals surface area (Å²) in [6.45, 7) is 2.83. The molecule has 2 heterocycles. The second-order valence-corrected chi connectivity index (χ2v) is 10.4. The summed E-state index contributed by atoms with van der Waals surface area (Å²) >= 11 is 0. The third kappa shape index (κ3) is 6.77. The molecule has 1 aliphatic heterocycles. The highest BCUT2D eigenvalue weighted by Gasteiger charge is 2.22. The number of benzene rings is 3. The van der Waals surface area contributed by atoms with Crippen LogP contribution >= 0.6 is 0 Å². The normalized spacial score (nSPS) is 15.3. The quantitative estimate of drug-likeness (QED) is 0.210. The van der Waals surface area contributed by atoms with Crippen molar-refractivity contribution in [3.63, 3.8) is 0 Å². The largest absolute Gasteiger partial charge is 0.506 e. The number of phenols is 1. The first-order chi connectivity index (χ1) is 19.5. The molecule has 208 valence electrons. The third-order valence-corrected chi connectivity index (χ3v) is 7.68.